The van der Waals surface area contributed by atoms with E-state index in [0.717, 1.165) is 18.4 Å². The van der Waals surface area contributed by atoms with Gasteiger partial charge in [0.1, 0.15) is 23.7 Å². The zero-order valence-corrected chi connectivity index (χ0v) is 19.8. The average Bonchev–Trinajstić information content (AvgIpc) is 3.34. The van der Waals surface area contributed by atoms with Gasteiger partial charge in [0.05, 0.1) is 23.1 Å². The number of piperidine rings is 1. The van der Waals surface area contributed by atoms with Crippen LogP contribution in [0.5, 0.6) is 0 Å². The van der Waals surface area contributed by atoms with Crippen molar-refractivity contribution < 1.29 is 9.59 Å². The number of pyridine rings is 1. The van der Waals surface area contributed by atoms with Crippen molar-refractivity contribution in [3.8, 4) is 17.3 Å². The molecule has 0 bridgehead atoms. The predicted octanol–water partition coefficient (Wildman–Crippen LogP) is 2.94. The lowest BCUT2D eigenvalue weighted by atomic mass is 10.1. The van der Waals surface area contributed by atoms with E-state index in [-0.39, 0.29) is 17.9 Å². The topological polar surface area (TPSA) is 156 Å². The molecule has 0 aliphatic carbocycles. The van der Waals surface area contributed by atoms with Gasteiger partial charge in [-0.2, -0.15) is 10.4 Å². The minimum absolute atomic E-state index is 0.0788. The first-order chi connectivity index (χ1) is 18.0. The van der Waals surface area contributed by atoms with Crippen molar-refractivity contribution in [1.29, 1.82) is 5.26 Å². The van der Waals surface area contributed by atoms with Gasteiger partial charge in [0.25, 0.3) is 5.91 Å². The summed E-state index contributed by atoms with van der Waals surface area (Å²) < 4.78 is 1.82. The highest BCUT2D eigenvalue weighted by Gasteiger charge is 2.28. The highest BCUT2D eigenvalue weighted by atomic mass is 16.2. The van der Waals surface area contributed by atoms with Crippen LogP contribution in [0.1, 0.15) is 34.8 Å². The summed E-state index contributed by atoms with van der Waals surface area (Å²) in [6.07, 6.45) is 5.85. The molecule has 3 aromatic heterocycles. The lowest BCUT2D eigenvalue weighted by molar-refractivity contribution is -0.127. The molecule has 184 valence electrons. The second-order valence-corrected chi connectivity index (χ2v) is 8.61. The largest absolute Gasteiger partial charge is 0.383 e. The maximum atomic E-state index is 12.7. The predicted molar refractivity (Wildman–Crippen MR) is 137 cm³/mol. The third-order valence-corrected chi connectivity index (χ3v) is 6.30. The lowest BCUT2D eigenvalue weighted by Crippen LogP contribution is -2.40. The highest BCUT2D eigenvalue weighted by Crippen LogP contribution is 2.34. The molecule has 1 aliphatic heterocycles. The molecule has 4 heterocycles. The van der Waals surface area contributed by atoms with Gasteiger partial charge in [0.2, 0.25) is 5.91 Å². The molecule has 5 rings (SSSR count). The van der Waals surface area contributed by atoms with Crippen LogP contribution < -0.4 is 11.1 Å². The number of benzene rings is 1. The summed E-state index contributed by atoms with van der Waals surface area (Å²) in [6, 6.07) is 11.9. The van der Waals surface area contributed by atoms with Gasteiger partial charge in [-0.1, -0.05) is 18.7 Å². The van der Waals surface area contributed by atoms with Gasteiger partial charge in [0.15, 0.2) is 5.65 Å². The molecule has 2 amide bonds. The molecule has 1 saturated heterocycles. The Morgan fingerprint density at radius 2 is 2.00 bits per heavy atom. The fourth-order valence-corrected chi connectivity index (χ4v) is 4.47. The van der Waals surface area contributed by atoms with Crippen molar-refractivity contribution in [3.05, 3.63) is 72.7 Å². The van der Waals surface area contributed by atoms with E-state index in [4.69, 9.17) is 16.1 Å². The normalized spacial score (nSPS) is 15.2. The summed E-state index contributed by atoms with van der Waals surface area (Å²) >= 11 is 0. The number of nitrogens with two attached hydrogens (primary N) is 1. The molecule has 1 fully saturated rings. The standard InChI is InChI=1S/C26H23N9O2/c1-2-21(36)34-11-3-4-19(14-34)35-25-22(24(28)30-15-31-25)23(33-35)17-5-7-18(8-6-17)26(37)32-20-12-16(13-27)9-10-29-20/h2,5-10,12,15,19H,1,3-4,11,14H2,(H2,28,30,31)(H,29,32,37). The van der Waals surface area contributed by atoms with E-state index in [9.17, 15) is 9.59 Å². The van der Waals surface area contributed by atoms with Crippen LogP contribution in [-0.2, 0) is 4.79 Å². The SMILES string of the molecule is C=CC(=O)N1CCCC(n2nc(-c3ccc(C(=O)Nc4cc(C#N)ccn4)cc3)c3c(N)ncnc32)C1. The molecular weight excluding hydrogens is 470 g/mol. The number of nitrogens with one attached hydrogen (secondary N) is 1. The molecular formula is C26H23N9O2. The van der Waals surface area contributed by atoms with E-state index in [2.05, 4.69) is 26.8 Å². The van der Waals surface area contributed by atoms with Gasteiger partial charge >= 0.3 is 0 Å². The zero-order valence-electron chi connectivity index (χ0n) is 19.8. The van der Waals surface area contributed by atoms with Crippen molar-refractivity contribution in [2.24, 2.45) is 0 Å². The second kappa shape index (κ2) is 9.87. The van der Waals surface area contributed by atoms with Crippen LogP contribution in [0.15, 0.2) is 61.6 Å². The van der Waals surface area contributed by atoms with Crippen molar-refractivity contribution in [3.63, 3.8) is 0 Å². The monoisotopic (exact) mass is 493 g/mol. The number of fused-ring (bicyclic) bond motifs is 1. The first-order valence-electron chi connectivity index (χ1n) is 11.7. The molecule has 0 radical (unpaired) electrons. The Bertz CT molecular complexity index is 1550. The van der Waals surface area contributed by atoms with Gasteiger partial charge in [-0.25, -0.2) is 19.6 Å². The summed E-state index contributed by atoms with van der Waals surface area (Å²) in [5.74, 6) is 0.117. The van der Waals surface area contributed by atoms with Crippen molar-refractivity contribution in [2.45, 2.75) is 18.9 Å². The summed E-state index contributed by atoms with van der Waals surface area (Å²) in [5, 5.41) is 17.2. The van der Waals surface area contributed by atoms with E-state index in [1.807, 2.05) is 10.8 Å². The molecule has 11 heteroatoms. The van der Waals surface area contributed by atoms with E-state index in [0.29, 0.717) is 52.6 Å². The number of likely N-dealkylation sites (tertiary alicyclic amines) is 1. The zero-order chi connectivity index (χ0) is 25.9. The lowest BCUT2D eigenvalue weighted by Gasteiger charge is -2.32. The van der Waals surface area contributed by atoms with Gasteiger partial charge in [-0.15, -0.1) is 0 Å². The maximum absolute atomic E-state index is 12.7. The quantitative estimate of drug-likeness (QED) is 0.402. The Hall–Kier alpha value is -5.11. The number of hydrogen-bond donors (Lipinski definition) is 2. The summed E-state index contributed by atoms with van der Waals surface area (Å²) in [4.78, 5) is 39.4. The van der Waals surface area contributed by atoms with Crippen molar-refractivity contribution in [2.75, 3.05) is 24.1 Å². The third-order valence-electron chi connectivity index (χ3n) is 6.30. The number of nitrogens with zero attached hydrogens (tertiary/aromatic N) is 7. The van der Waals surface area contributed by atoms with Crippen LogP contribution in [0.4, 0.5) is 11.6 Å². The van der Waals surface area contributed by atoms with Crippen molar-refractivity contribution >= 4 is 34.5 Å². The average molecular weight is 494 g/mol. The minimum atomic E-state index is -0.360. The van der Waals surface area contributed by atoms with E-state index < -0.39 is 0 Å². The number of hydrogen-bond acceptors (Lipinski definition) is 8. The van der Waals surface area contributed by atoms with Gasteiger partial charge in [-0.3, -0.25) is 9.59 Å². The molecule has 37 heavy (non-hydrogen) atoms. The molecule has 0 spiro atoms. The van der Waals surface area contributed by atoms with Crippen LogP contribution in [0.2, 0.25) is 0 Å². The van der Waals surface area contributed by atoms with E-state index >= 15 is 0 Å². The first-order valence-corrected chi connectivity index (χ1v) is 11.7. The second-order valence-electron chi connectivity index (χ2n) is 8.61. The highest BCUT2D eigenvalue weighted by molar-refractivity contribution is 6.04. The van der Waals surface area contributed by atoms with Gasteiger partial charge in [-0.05, 0) is 43.2 Å². The van der Waals surface area contributed by atoms with Crippen LogP contribution in [0.25, 0.3) is 22.3 Å². The molecule has 1 aliphatic rings. The fraction of sp³-hybridized carbons (Fsp3) is 0.192. The molecule has 0 saturated carbocycles. The van der Waals surface area contributed by atoms with Gasteiger partial charge < -0.3 is 16.0 Å². The number of nitrogen functional groups attached to an aromatic ring is 1. The van der Waals surface area contributed by atoms with E-state index in [1.54, 1.807) is 35.2 Å². The fourth-order valence-electron chi connectivity index (χ4n) is 4.47. The molecule has 1 atom stereocenters. The molecule has 4 aromatic rings. The Labute approximate surface area is 212 Å². The number of carbonyl (C=O) groups excluding carboxylic acids is 2. The molecule has 1 aromatic carbocycles. The van der Waals surface area contributed by atoms with Gasteiger partial charge in [0, 0.05) is 30.4 Å². The van der Waals surface area contributed by atoms with Crippen LogP contribution in [0.3, 0.4) is 0 Å². The molecule has 11 nitrogen and oxygen atoms in total. The summed E-state index contributed by atoms with van der Waals surface area (Å²) in [7, 11) is 0. The van der Waals surface area contributed by atoms with Crippen LogP contribution in [0, 0.1) is 11.3 Å². The summed E-state index contributed by atoms with van der Waals surface area (Å²) in [6.45, 7) is 4.76. The first kappa shape index (κ1) is 23.6. The number of anilines is 2. The number of rotatable bonds is 5. The van der Waals surface area contributed by atoms with E-state index in [1.165, 1.54) is 24.7 Å². The number of amides is 2. The van der Waals surface area contributed by atoms with Crippen molar-refractivity contribution in [1.82, 2.24) is 29.6 Å². The number of aromatic nitrogens is 5. The molecule has 1 unspecified atom stereocenters. The summed E-state index contributed by atoms with van der Waals surface area (Å²) in [5.41, 5.74) is 8.97. The Balaban J connectivity index is 1.45. The smallest absolute Gasteiger partial charge is 0.256 e. The maximum Gasteiger partial charge on any atom is 0.256 e. The Morgan fingerprint density at radius 1 is 1.19 bits per heavy atom. The van der Waals surface area contributed by atoms with Crippen LogP contribution >= 0.6 is 0 Å². The number of nitriles is 1. The number of carbonyl (C=O) groups is 2. The minimum Gasteiger partial charge on any atom is -0.383 e. The Kier molecular flexibility index (Phi) is 6.30. The molecule has 3 N–H and O–H groups in total. The Morgan fingerprint density at radius 3 is 2.76 bits per heavy atom. The third kappa shape index (κ3) is 4.60. The van der Waals surface area contributed by atoms with Crippen LogP contribution in [-0.4, -0.2) is 54.5 Å².